The molecule has 0 aliphatic rings. The molecule has 25 heavy (non-hydrogen) atoms. The van der Waals surface area contributed by atoms with Gasteiger partial charge in [0, 0.05) is 18.7 Å². The summed E-state index contributed by atoms with van der Waals surface area (Å²) >= 11 is 0. The number of hydrogen-bond donors (Lipinski definition) is 3. The highest BCUT2D eigenvalue weighted by Gasteiger charge is 2.31. The Morgan fingerprint density at radius 1 is 1.16 bits per heavy atom. The minimum absolute atomic E-state index is 0. The van der Waals surface area contributed by atoms with E-state index in [0.717, 1.165) is 12.1 Å². The van der Waals surface area contributed by atoms with Crippen molar-refractivity contribution in [3.63, 3.8) is 0 Å². The summed E-state index contributed by atoms with van der Waals surface area (Å²) in [7, 11) is 0. The number of nitrogens with one attached hydrogen (secondary N) is 2. The van der Waals surface area contributed by atoms with E-state index in [-0.39, 0.29) is 42.7 Å². The molecule has 9 heteroatoms. The fourth-order valence-corrected chi connectivity index (χ4v) is 1.94. The molecule has 0 heterocycles. The van der Waals surface area contributed by atoms with Crippen LogP contribution in [0.15, 0.2) is 18.2 Å². The molecule has 0 radical (unpaired) electrons. The van der Waals surface area contributed by atoms with Gasteiger partial charge < -0.3 is 16.4 Å². The highest BCUT2D eigenvalue weighted by Crippen LogP contribution is 2.31. The number of carbonyl (C=O) groups is 2. The maximum absolute atomic E-state index is 12.8. The van der Waals surface area contributed by atoms with Crippen LogP contribution in [0.4, 0.5) is 18.9 Å². The average molecular weight is 382 g/mol. The van der Waals surface area contributed by atoms with Crippen LogP contribution in [-0.4, -0.2) is 18.4 Å². The van der Waals surface area contributed by atoms with E-state index >= 15 is 0 Å². The lowest BCUT2D eigenvalue weighted by Gasteiger charge is -2.13. The van der Waals surface area contributed by atoms with Crippen molar-refractivity contribution >= 4 is 29.9 Å². The van der Waals surface area contributed by atoms with E-state index in [0.29, 0.717) is 18.8 Å². The molecule has 1 aromatic carbocycles. The maximum atomic E-state index is 12.8. The van der Waals surface area contributed by atoms with Crippen molar-refractivity contribution in [2.75, 3.05) is 11.9 Å². The Hall–Kier alpha value is -1.80. The Bertz CT molecular complexity index is 592. The van der Waals surface area contributed by atoms with E-state index in [1.54, 1.807) is 0 Å². The molecule has 2 amide bonds. The average Bonchev–Trinajstić information content (AvgIpc) is 2.49. The Morgan fingerprint density at radius 3 is 2.32 bits per heavy atom. The van der Waals surface area contributed by atoms with E-state index in [1.807, 2.05) is 13.8 Å². The molecule has 0 aromatic heterocycles. The van der Waals surface area contributed by atoms with Gasteiger partial charge in [0.25, 0.3) is 0 Å². The van der Waals surface area contributed by atoms with Crippen molar-refractivity contribution in [3.05, 3.63) is 29.3 Å². The van der Waals surface area contributed by atoms with Crippen molar-refractivity contribution in [2.45, 2.75) is 39.4 Å². The Morgan fingerprint density at radius 2 is 1.80 bits per heavy atom. The normalized spacial score (nSPS) is 11.0. The summed E-state index contributed by atoms with van der Waals surface area (Å²) in [6, 6.07) is 3.13. The van der Waals surface area contributed by atoms with Crippen LogP contribution in [0.5, 0.6) is 0 Å². The van der Waals surface area contributed by atoms with Crippen LogP contribution in [-0.2, 0) is 22.3 Å². The minimum Gasteiger partial charge on any atom is -0.347 e. The third kappa shape index (κ3) is 8.74. The molecular weight excluding hydrogens is 359 g/mol. The quantitative estimate of drug-likeness (QED) is 0.678. The van der Waals surface area contributed by atoms with Gasteiger partial charge in [0.2, 0.25) is 11.8 Å². The first kappa shape index (κ1) is 23.2. The van der Waals surface area contributed by atoms with Gasteiger partial charge in [0.1, 0.15) is 0 Å². The number of carbonyl (C=O) groups excluding carboxylic acids is 2. The van der Waals surface area contributed by atoms with Gasteiger partial charge in [0.05, 0.1) is 12.1 Å². The second kappa shape index (κ2) is 10.2. The lowest BCUT2D eigenvalue weighted by molar-refractivity contribution is -0.137. The highest BCUT2D eigenvalue weighted by molar-refractivity contribution is 5.94. The van der Waals surface area contributed by atoms with Crippen LogP contribution < -0.4 is 16.4 Å². The van der Waals surface area contributed by atoms with Crippen LogP contribution in [0, 0.1) is 5.92 Å². The zero-order chi connectivity index (χ0) is 18.3. The van der Waals surface area contributed by atoms with Crippen LogP contribution in [0.25, 0.3) is 0 Å². The number of rotatable bonds is 7. The van der Waals surface area contributed by atoms with Crippen LogP contribution in [0.1, 0.15) is 37.8 Å². The molecule has 0 saturated carbocycles. The van der Waals surface area contributed by atoms with Crippen molar-refractivity contribution < 1.29 is 22.8 Å². The van der Waals surface area contributed by atoms with E-state index < -0.39 is 17.6 Å². The zero-order valence-corrected chi connectivity index (χ0v) is 14.9. The molecule has 0 aliphatic heterocycles. The standard InChI is InChI=1S/C16H22F3N3O2.ClH/c1-10(2)3-4-14(23)21-9-15(24)22-13-6-11(8-20)5-12(7-13)16(17,18)19;/h5-7,10H,3-4,8-9,20H2,1-2H3,(H,21,23)(H,22,24);1H. The van der Waals surface area contributed by atoms with Gasteiger partial charge in [-0.1, -0.05) is 13.8 Å². The number of anilines is 1. The monoisotopic (exact) mass is 381 g/mol. The zero-order valence-electron chi connectivity index (χ0n) is 14.1. The number of amides is 2. The molecule has 0 spiro atoms. The fraction of sp³-hybridized carbons (Fsp3) is 0.500. The van der Waals surface area contributed by atoms with Gasteiger partial charge in [-0.3, -0.25) is 9.59 Å². The minimum atomic E-state index is -4.53. The topological polar surface area (TPSA) is 84.2 Å². The Labute approximate surface area is 150 Å². The lowest BCUT2D eigenvalue weighted by Crippen LogP contribution is -2.33. The second-order valence-electron chi connectivity index (χ2n) is 5.88. The molecule has 4 N–H and O–H groups in total. The predicted molar refractivity (Wildman–Crippen MR) is 92.3 cm³/mol. The van der Waals surface area contributed by atoms with Gasteiger partial charge in [-0.2, -0.15) is 13.2 Å². The van der Waals surface area contributed by atoms with Crippen LogP contribution in [0.3, 0.4) is 0 Å². The van der Waals surface area contributed by atoms with E-state index in [9.17, 15) is 22.8 Å². The number of alkyl halides is 3. The first-order valence-electron chi connectivity index (χ1n) is 7.59. The van der Waals surface area contributed by atoms with Gasteiger partial charge in [-0.25, -0.2) is 0 Å². The molecule has 1 aromatic rings. The second-order valence-corrected chi connectivity index (χ2v) is 5.88. The summed E-state index contributed by atoms with van der Waals surface area (Å²) in [6.07, 6.45) is -3.54. The smallest absolute Gasteiger partial charge is 0.347 e. The largest absolute Gasteiger partial charge is 0.416 e. The van der Waals surface area contributed by atoms with E-state index in [4.69, 9.17) is 5.73 Å². The first-order chi connectivity index (χ1) is 11.1. The number of hydrogen-bond acceptors (Lipinski definition) is 3. The lowest BCUT2D eigenvalue weighted by atomic mass is 10.1. The van der Waals surface area contributed by atoms with Gasteiger partial charge in [-0.05, 0) is 36.1 Å². The van der Waals surface area contributed by atoms with Gasteiger partial charge >= 0.3 is 6.18 Å². The van der Waals surface area contributed by atoms with Crippen LogP contribution >= 0.6 is 12.4 Å². The maximum Gasteiger partial charge on any atom is 0.416 e. The molecule has 0 aliphatic carbocycles. The van der Waals surface area contributed by atoms with Crippen LogP contribution in [0.2, 0.25) is 0 Å². The molecule has 1 rings (SSSR count). The van der Waals surface area contributed by atoms with E-state index in [1.165, 1.54) is 6.07 Å². The molecule has 142 valence electrons. The number of halogens is 4. The van der Waals surface area contributed by atoms with Gasteiger partial charge in [0.15, 0.2) is 0 Å². The molecule has 0 saturated heterocycles. The molecule has 0 unspecified atom stereocenters. The predicted octanol–water partition coefficient (Wildman–Crippen LogP) is 3.08. The van der Waals surface area contributed by atoms with Crippen molar-refractivity contribution in [2.24, 2.45) is 11.7 Å². The first-order valence-corrected chi connectivity index (χ1v) is 7.59. The summed E-state index contributed by atoms with van der Waals surface area (Å²) in [5.74, 6) is -0.509. The Kier molecular flexibility index (Phi) is 9.51. The summed E-state index contributed by atoms with van der Waals surface area (Å²) in [6.45, 7) is 3.56. The van der Waals surface area contributed by atoms with E-state index in [2.05, 4.69) is 10.6 Å². The molecular formula is C16H23ClF3N3O2. The Balaban J connectivity index is 0.00000576. The fourth-order valence-electron chi connectivity index (χ4n) is 1.94. The third-order valence-corrected chi connectivity index (χ3v) is 3.23. The van der Waals surface area contributed by atoms with Crippen molar-refractivity contribution in [1.29, 1.82) is 0 Å². The SMILES string of the molecule is CC(C)CCC(=O)NCC(=O)Nc1cc(CN)cc(C(F)(F)F)c1.Cl. The van der Waals surface area contributed by atoms with Crippen molar-refractivity contribution in [1.82, 2.24) is 5.32 Å². The molecule has 5 nitrogen and oxygen atoms in total. The number of nitrogens with two attached hydrogens (primary N) is 1. The summed E-state index contributed by atoms with van der Waals surface area (Å²) in [5.41, 5.74) is 4.74. The molecule has 0 atom stereocenters. The molecule has 0 bridgehead atoms. The molecule has 0 fully saturated rings. The summed E-state index contributed by atoms with van der Waals surface area (Å²) in [5, 5.41) is 4.77. The third-order valence-electron chi connectivity index (χ3n) is 3.23. The summed E-state index contributed by atoms with van der Waals surface area (Å²) < 4.78 is 38.4. The highest BCUT2D eigenvalue weighted by atomic mass is 35.5. The number of benzene rings is 1. The van der Waals surface area contributed by atoms with Crippen molar-refractivity contribution in [3.8, 4) is 0 Å². The summed E-state index contributed by atoms with van der Waals surface area (Å²) in [4.78, 5) is 23.3. The van der Waals surface area contributed by atoms with Gasteiger partial charge in [-0.15, -0.1) is 12.4 Å².